The van der Waals surface area contributed by atoms with Gasteiger partial charge < -0.3 is 11.5 Å². The Morgan fingerprint density at radius 3 is 2.82 bits per heavy atom. The molecule has 0 atom stereocenters. The third kappa shape index (κ3) is 2.41. The number of nitrogens with one attached hydrogen (secondary N) is 1. The predicted octanol–water partition coefficient (Wildman–Crippen LogP) is 1.51. The molecule has 0 amide bonds. The molecule has 0 aliphatic rings. The van der Waals surface area contributed by atoms with Crippen LogP contribution in [-0.2, 0) is 0 Å². The highest BCUT2D eigenvalue weighted by atomic mass is 79.9. The Bertz CT molecular complexity index is 861. The van der Waals surface area contributed by atoms with Gasteiger partial charge in [0.05, 0.1) is 5.39 Å². The minimum absolute atomic E-state index is 0.0953. The first kappa shape index (κ1) is 14.4. The first-order valence-corrected chi connectivity index (χ1v) is 7.30. The Balaban J connectivity index is 2.20. The van der Waals surface area contributed by atoms with Gasteiger partial charge in [-0.3, -0.25) is 5.10 Å². The van der Waals surface area contributed by atoms with Gasteiger partial charge in [-0.05, 0) is 29.8 Å². The smallest absolute Gasteiger partial charge is 0.176 e. The molecule has 0 unspecified atom stereocenters. The Morgan fingerprint density at radius 1 is 1.41 bits per heavy atom. The van der Waals surface area contributed by atoms with E-state index >= 15 is 0 Å². The number of H-pyrrole nitrogens is 1. The number of aliphatic imine (C=N–C) groups is 1. The van der Waals surface area contributed by atoms with Crippen LogP contribution in [0.2, 0.25) is 0 Å². The van der Waals surface area contributed by atoms with Crippen molar-refractivity contribution in [1.29, 1.82) is 0 Å². The van der Waals surface area contributed by atoms with Gasteiger partial charge in [-0.2, -0.15) is 10.2 Å². The summed E-state index contributed by atoms with van der Waals surface area (Å²) in [7, 11) is 0. The summed E-state index contributed by atoms with van der Waals surface area (Å²) in [5, 5.41) is 11.8. The van der Waals surface area contributed by atoms with Gasteiger partial charge in [0.15, 0.2) is 17.3 Å². The molecule has 0 aliphatic carbocycles. The van der Waals surface area contributed by atoms with Crippen molar-refractivity contribution in [3.63, 3.8) is 0 Å². The number of rotatable bonds is 3. The lowest BCUT2D eigenvalue weighted by molar-refractivity contribution is 0.545. The van der Waals surface area contributed by atoms with E-state index in [0.29, 0.717) is 33.0 Å². The van der Waals surface area contributed by atoms with Crippen LogP contribution < -0.4 is 11.5 Å². The Labute approximate surface area is 134 Å². The van der Waals surface area contributed by atoms with Crippen molar-refractivity contribution in [2.45, 2.75) is 19.9 Å². The van der Waals surface area contributed by atoms with Crippen LogP contribution in [0.5, 0.6) is 0 Å². The summed E-state index contributed by atoms with van der Waals surface area (Å²) in [4.78, 5) is 12.5. The van der Waals surface area contributed by atoms with Crippen LogP contribution in [0.15, 0.2) is 22.0 Å². The number of hydrogen-bond acceptors (Lipinski definition) is 6. The number of nitrogens with zero attached hydrogens (tertiary/aromatic N) is 6. The van der Waals surface area contributed by atoms with Crippen molar-refractivity contribution in [1.82, 2.24) is 29.9 Å². The average Bonchev–Trinajstić information content (AvgIpc) is 3.03. The molecule has 22 heavy (non-hydrogen) atoms. The first-order chi connectivity index (χ1) is 10.5. The van der Waals surface area contributed by atoms with Crippen LogP contribution in [0, 0.1) is 0 Å². The van der Waals surface area contributed by atoms with Crippen molar-refractivity contribution in [2.24, 2.45) is 10.7 Å². The number of amidine groups is 1. The molecule has 0 spiro atoms. The monoisotopic (exact) mass is 363 g/mol. The van der Waals surface area contributed by atoms with Crippen molar-refractivity contribution >= 4 is 44.4 Å². The van der Waals surface area contributed by atoms with Gasteiger partial charge in [-0.1, -0.05) is 0 Å². The summed E-state index contributed by atoms with van der Waals surface area (Å²) >= 11 is 3.27. The highest BCUT2D eigenvalue weighted by Crippen LogP contribution is 2.24. The molecule has 0 bridgehead atoms. The summed E-state index contributed by atoms with van der Waals surface area (Å²) in [6.45, 7) is 3.99. The largest absolute Gasteiger partial charge is 0.383 e. The first-order valence-electron chi connectivity index (χ1n) is 6.51. The third-order valence-electron chi connectivity index (χ3n) is 3.02. The number of fused-ring (bicyclic) bond motifs is 1. The summed E-state index contributed by atoms with van der Waals surface area (Å²) in [6, 6.07) is 1.80. The van der Waals surface area contributed by atoms with Crippen LogP contribution in [0.3, 0.4) is 0 Å². The number of anilines is 1. The van der Waals surface area contributed by atoms with Crippen molar-refractivity contribution in [2.75, 3.05) is 5.73 Å². The van der Waals surface area contributed by atoms with E-state index in [1.165, 1.54) is 6.33 Å². The Kier molecular flexibility index (Phi) is 3.53. The average molecular weight is 364 g/mol. The Hall–Kier alpha value is -2.49. The van der Waals surface area contributed by atoms with E-state index in [0.717, 1.165) is 0 Å². The Morgan fingerprint density at radius 2 is 2.18 bits per heavy atom. The molecular weight excluding hydrogens is 350 g/mol. The van der Waals surface area contributed by atoms with Gasteiger partial charge in [-0.15, -0.1) is 0 Å². The second-order valence-electron chi connectivity index (χ2n) is 4.92. The second kappa shape index (κ2) is 5.37. The molecule has 3 aromatic heterocycles. The predicted molar refractivity (Wildman–Crippen MR) is 86.8 cm³/mol. The van der Waals surface area contributed by atoms with Crippen LogP contribution >= 0.6 is 15.9 Å². The van der Waals surface area contributed by atoms with Crippen molar-refractivity contribution in [3.05, 3.63) is 22.7 Å². The molecule has 114 valence electrons. The van der Waals surface area contributed by atoms with Gasteiger partial charge in [-0.25, -0.2) is 19.6 Å². The number of halogens is 1. The molecule has 10 heteroatoms. The normalized spacial score (nSPS) is 12.5. The fraction of sp³-hybridized carbons (Fsp3) is 0.250. The molecule has 5 N–H and O–H groups in total. The zero-order valence-corrected chi connectivity index (χ0v) is 13.5. The molecule has 3 heterocycles. The van der Waals surface area contributed by atoms with E-state index in [4.69, 9.17) is 11.5 Å². The van der Waals surface area contributed by atoms with Gasteiger partial charge >= 0.3 is 0 Å². The second-order valence-corrected chi connectivity index (χ2v) is 5.77. The number of nitrogens with two attached hydrogens (primary N) is 2. The molecule has 0 saturated heterocycles. The van der Waals surface area contributed by atoms with Gasteiger partial charge in [0, 0.05) is 12.1 Å². The fourth-order valence-corrected chi connectivity index (χ4v) is 2.35. The molecule has 0 aromatic carbocycles. The summed E-state index contributed by atoms with van der Waals surface area (Å²) in [5.74, 6) is 0.949. The summed E-state index contributed by atoms with van der Waals surface area (Å²) in [6.07, 6.45) is 1.40. The van der Waals surface area contributed by atoms with Crippen molar-refractivity contribution < 1.29 is 0 Å². The minimum atomic E-state index is 0.0953. The maximum atomic E-state index is 6.08. The maximum Gasteiger partial charge on any atom is 0.176 e. The van der Waals surface area contributed by atoms with Gasteiger partial charge in [0.25, 0.3) is 0 Å². The van der Waals surface area contributed by atoms with Gasteiger partial charge in [0.1, 0.15) is 22.4 Å². The zero-order valence-electron chi connectivity index (χ0n) is 11.9. The molecule has 3 rings (SSSR count). The highest BCUT2D eigenvalue weighted by molar-refractivity contribution is 9.10. The van der Waals surface area contributed by atoms with Crippen LogP contribution in [0.25, 0.3) is 11.0 Å². The van der Waals surface area contributed by atoms with E-state index < -0.39 is 0 Å². The maximum absolute atomic E-state index is 6.08. The van der Waals surface area contributed by atoms with E-state index in [2.05, 4.69) is 46.2 Å². The summed E-state index contributed by atoms with van der Waals surface area (Å²) in [5.41, 5.74) is 13.1. The number of nitrogen functional groups attached to an aromatic ring is 1. The topological polar surface area (TPSA) is 137 Å². The SMILES string of the molecule is CC(C)n1nc(C(N)=Nc2cc(Br)[nH]n2)c2c(N)ncnc21. The summed E-state index contributed by atoms with van der Waals surface area (Å²) < 4.78 is 2.45. The highest BCUT2D eigenvalue weighted by Gasteiger charge is 2.19. The van der Waals surface area contributed by atoms with Crippen LogP contribution in [0.4, 0.5) is 11.6 Å². The third-order valence-corrected chi connectivity index (χ3v) is 3.42. The lowest BCUT2D eigenvalue weighted by Gasteiger charge is -2.05. The van der Waals surface area contributed by atoms with E-state index in [1.54, 1.807) is 10.7 Å². The van der Waals surface area contributed by atoms with Crippen LogP contribution in [0.1, 0.15) is 25.6 Å². The molecule has 0 fully saturated rings. The molecule has 0 saturated carbocycles. The van der Waals surface area contributed by atoms with E-state index in [1.807, 2.05) is 13.8 Å². The number of hydrogen-bond donors (Lipinski definition) is 3. The lowest BCUT2D eigenvalue weighted by atomic mass is 10.2. The quantitative estimate of drug-likeness (QED) is 0.476. The molecule has 3 aromatic rings. The van der Waals surface area contributed by atoms with Crippen LogP contribution in [-0.4, -0.2) is 35.8 Å². The molecule has 0 radical (unpaired) electrons. The lowest BCUT2D eigenvalue weighted by Crippen LogP contribution is -2.15. The fourth-order valence-electron chi connectivity index (χ4n) is 2.06. The minimum Gasteiger partial charge on any atom is -0.383 e. The van der Waals surface area contributed by atoms with E-state index in [-0.39, 0.29) is 11.9 Å². The van der Waals surface area contributed by atoms with E-state index in [9.17, 15) is 0 Å². The molecule has 9 nitrogen and oxygen atoms in total. The number of aromatic amines is 1. The zero-order chi connectivity index (χ0) is 15.9. The standard InChI is InChI=1S/C12H14BrN9/c1-5(2)22-12-8(10(14)16-4-17-12)9(21-22)11(15)18-7-3-6(13)19-20-7/h3-5H,1-2H3,(H2,14,16,17)(H3,15,18,19,20). The molecular formula is C12H14BrN9. The van der Waals surface area contributed by atoms with Crippen molar-refractivity contribution in [3.8, 4) is 0 Å². The molecule has 0 aliphatic heterocycles. The number of aromatic nitrogens is 6. The van der Waals surface area contributed by atoms with Gasteiger partial charge in [0.2, 0.25) is 0 Å².